The first kappa shape index (κ1) is 17.6. The average molecular weight is 342 g/mol. The molecule has 9 heteroatoms. The van der Waals surface area contributed by atoms with Gasteiger partial charge in [0.1, 0.15) is 5.75 Å². The van der Waals surface area contributed by atoms with Crippen molar-refractivity contribution in [1.82, 2.24) is 5.43 Å². The van der Waals surface area contributed by atoms with Gasteiger partial charge in [-0.2, -0.15) is 5.10 Å². The van der Waals surface area contributed by atoms with Crippen LogP contribution in [0.15, 0.2) is 53.6 Å². The van der Waals surface area contributed by atoms with E-state index in [1.807, 2.05) is 0 Å². The number of amides is 2. The molecule has 2 aromatic carbocycles. The molecule has 2 aromatic rings. The lowest BCUT2D eigenvalue weighted by atomic mass is 10.2. The topological polar surface area (TPSA) is 123 Å². The van der Waals surface area contributed by atoms with Crippen LogP contribution in [-0.2, 0) is 9.59 Å². The highest BCUT2D eigenvalue weighted by Gasteiger charge is 2.12. The number of non-ortho nitro benzene ring substituents is 1. The van der Waals surface area contributed by atoms with Gasteiger partial charge in [0, 0.05) is 17.8 Å². The Morgan fingerprint density at radius 2 is 1.72 bits per heavy atom. The highest BCUT2D eigenvalue weighted by atomic mass is 16.6. The van der Waals surface area contributed by atoms with Gasteiger partial charge in [-0.05, 0) is 42.0 Å². The normalized spacial score (nSPS) is 10.3. The summed E-state index contributed by atoms with van der Waals surface area (Å²) in [6.45, 7) is 0. The van der Waals surface area contributed by atoms with E-state index >= 15 is 0 Å². The van der Waals surface area contributed by atoms with Crippen LogP contribution >= 0.6 is 0 Å². The summed E-state index contributed by atoms with van der Waals surface area (Å²) in [6.07, 6.45) is 1.27. The molecule has 9 nitrogen and oxygen atoms in total. The second-order valence-electron chi connectivity index (χ2n) is 4.73. The molecule has 0 aromatic heterocycles. The third kappa shape index (κ3) is 5.13. The van der Waals surface area contributed by atoms with Crippen molar-refractivity contribution < 1.29 is 19.2 Å². The number of nitro groups is 1. The Labute approximate surface area is 142 Å². The van der Waals surface area contributed by atoms with Crippen molar-refractivity contribution in [1.29, 1.82) is 0 Å². The second-order valence-corrected chi connectivity index (χ2v) is 4.73. The van der Waals surface area contributed by atoms with Crippen molar-refractivity contribution in [2.45, 2.75) is 0 Å². The zero-order chi connectivity index (χ0) is 18.2. The van der Waals surface area contributed by atoms with Crippen LogP contribution in [0.4, 0.5) is 11.4 Å². The van der Waals surface area contributed by atoms with E-state index in [-0.39, 0.29) is 5.69 Å². The van der Waals surface area contributed by atoms with Gasteiger partial charge in [-0.25, -0.2) is 5.43 Å². The molecule has 0 aliphatic carbocycles. The van der Waals surface area contributed by atoms with Gasteiger partial charge in [0.25, 0.3) is 5.69 Å². The highest BCUT2D eigenvalue weighted by molar-refractivity contribution is 6.39. The first-order valence-electron chi connectivity index (χ1n) is 7.02. The molecular formula is C16H14N4O5. The molecule has 2 rings (SSSR count). The van der Waals surface area contributed by atoms with E-state index in [1.165, 1.54) is 37.6 Å². The lowest BCUT2D eigenvalue weighted by Crippen LogP contribution is -2.32. The number of nitro benzene ring substituents is 1. The molecule has 2 amide bonds. The number of carbonyl (C=O) groups excluding carboxylic acids is 2. The molecular weight excluding hydrogens is 328 g/mol. The van der Waals surface area contributed by atoms with Gasteiger partial charge in [0.2, 0.25) is 0 Å². The van der Waals surface area contributed by atoms with Crippen molar-refractivity contribution in [2.24, 2.45) is 5.10 Å². The van der Waals surface area contributed by atoms with Gasteiger partial charge in [-0.3, -0.25) is 19.7 Å². The molecule has 0 heterocycles. The number of methoxy groups -OCH3 is 1. The SMILES string of the molecule is COc1ccc(NC(=O)C(=O)N/N=C/c2ccc([N+](=O)[O-])cc2)cc1. The number of rotatable bonds is 5. The Morgan fingerprint density at radius 1 is 1.08 bits per heavy atom. The number of hydrogen-bond donors (Lipinski definition) is 2. The first-order chi connectivity index (χ1) is 12.0. The summed E-state index contributed by atoms with van der Waals surface area (Å²) in [7, 11) is 1.52. The van der Waals surface area contributed by atoms with Crippen LogP contribution in [0.5, 0.6) is 5.75 Å². The lowest BCUT2D eigenvalue weighted by molar-refractivity contribution is -0.384. The first-order valence-corrected chi connectivity index (χ1v) is 7.02. The number of nitrogens with zero attached hydrogens (tertiary/aromatic N) is 2. The fraction of sp³-hybridized carbons (Fsp3) is 0.0625. The van der Waals surface area contributed by atoms with Gasteiger partial charge in [-0.15, -0.1) is 0 Å². The molecule has 0 saturated heterocycles. The Hall–Kier alpha value is -3.75. The minimum atomic E-state index is -0.950. The van der Waals surface area contributed by atoms with E-state index < -0.39 is 16.7 Å². The molecule has 0 bridgehead atoms. The minimum absolute atomic E-state index is 0.0555. The van der Waals surface area contributed by atoms with Gasteiger partial charge < -0.3 is 10.1 Å². The summed E-state index contributed by atoms with van der Waals surface area (Å²) in [5.41, 5.74) is 2.98. The van der Waals surface area contributed by atoms with Crippen molar-refractivity contribution in [3.63, 3.8) is 0 Å². The quantitative estimate of drug-likeness (QED) is 0.370. The maximum absolute atomic E-state index is 11.7. The van der Waals surface area contributed by atoms with Crippen LogP contribution in [0.2, 0.25) is 0 Å². The van der Waals surface area contributed by atoms with Crippen LogP contribution in [0.25, 0.3) is 0 Å². The monoisotopic (exact) mass is 342 g/mol. The van der Waals surface area contributed by atoms with E-state index in [9.17, 15) is 19.7 Å². The molecule has 0 unspecified atom stereocenters. The minimum Gasteiger partial charge on any atom is -0.497 e. The summed E-state index contributed by atoms with van der Waals surface area (Å²) in [5, 5.41) is 16.6. The van der Waals surface area contributed by atoms with E-state index in [1.54, 1.807) is 24.3 Å². The number of nitrogens with one attached hydrogen (secondary N) is 2. The highest BCUT2D eigenvalue weighted by Crippen LogP contribution is 2.14. The molecule has 0 spiro atoms. The van der Waals surface area contributed by atoms with Gasteiger partial charge >= 0.3 is 11.8 Å². The number of anilines is 1. The summed E-state index contributed by atoms with van der Waals surface area (Å²) >= 11 is 0. The second kappa shape index (κ2) is 8.20. The van der Waals surface area contributed by atoms with E-state index in [0.29, 0.717) is 17.0 Å². The third-order valence-electron chi connectivity index (χ3n) is 3.04. The largest absolute Gasteiger partial charge is 0.497 e. The number of benzene rings is 2. The van der Waals surface area contributed by atoms with Gasteiger partial charge in [0.05, 0.1) is 18.2 Å². The third-order valence-corrected chi connectivity index (χ3v) is 3.04. The van der Waals surface area contributed by atoms with Gasteiger partial charge in [-0.1, -0.05) is 0 Å². The van der Waals surface area contributed by atoms with Crippen LogP contribution < -0.4 is 15.5 Å². The number of hydrazone groups is 1. The Morgan fingerprint density at radius 3 is 2.28 bits per heavy atom. The molecule has 25 heavy (non-hydrogen) atoms. The van der Waals surface area contributed by atoms with Crippen molar-refractivity contribution >= 4 is 29.4 Å². The number of hydrogen-bond acceptors (Lipinski definition) is 6. The molecule has 0 aliphatic rings. The maximum Gasteiger partial charge on any atom is 0.329 e. The zero-order valence-electron chi connectivity index (χ0n) is 13.1. The number of ether oxygens (including phenoxy) is 1. The summed E-state index contributed by atoms with van der Waals surface area (Å²) < 4.78 is 4.99. The lowest BCUT2D eigenvalue weighted by Gasteiger charge is -2.05. The molecule has 0 fully saturated rings. The van der Waals surface area contributed by atoms with E-state index in [2.05, 4.69) is 15.8 Å². The maximum atomic E-state index is 11.7. The smallest absolute Gasteiger partial charge is 0.329 e. The van der Waals surface area contributed by atoms with Crippen molar-refractivity contribution in [3.8, 4) is 5.75 Å². The molecule has 0 atom stereocenters. The zero-order valence-corrected chi connectivity index (χ0v) is 13.1. The predicted molar refractivity (Wildman–Crippen MR) is 90.5 cm³/mol. The van der Waals surface area contributed by atoms with Crippen LogP contribution in [-0.4, -0.2) is 30.1 Å². The Kier molecular flexibility index (Phi) is 5.77. The number of carbonyl (C=O) groups is 2. The Bertz CT molecular complexity index is 800. The van der Waals surface area contributed by atoms with Crippen molar-refractivity contribution in [2.75, 3.05) is 12.4 Å². The fourth-order valence-corrected chi connectivity index (χ4v) is 1.76. The standard InChI is InChI=1S/C16H14N4O5/c1-25-14-8-4-12(5-9-14)18-15(21)16(22)19-17-10-11-2-6-13(7-3-11)20(23)24/h2-10H,1H3,(H,18,21)(H,19,22)/b17-10+. The predicted octanol–water partition coefficient (Wildman–Crippen LogP) is 1.69. The summed E-state index contributed by atoms with van der Waals surface area (Å²) in [6, 6.07) is 12.0. The van der Waals surface area contributed by atoms with Crippen molar-refractivity contribution in [3.05, 3.63) is 64.2 Å². The molecule has 128 valence electrons. The fourth-order valence-electron chi connectivity index (χ4n) is 1.76. The Balaban J connectivity index is 1.87. The molecule has 2 N–H and O–H groups in total. The van der Waals surface area contributed by atoms with Crippen LogP contribution in [0.1, 0.15) is 5.56 Å². The molecule has 0 saturated carbocycles. The summed E-state index contributed by atoms with van der Waals surface area (Å²) in [5.74, 6) is -1.21. The van der Waals surface area contributed by atoms with Crippen LogP contribution in [0.3, 0.4) is 0 Å². The summed E-state index contributed by atoms with van der Waals surface area (Å²) in [4.78, 5) is 33.4. The van der Waals surface area contributed by atoms with Crippen LogP contribution in [0, 0.1) is 10.1 Å². The molecule has 0 radical (unpaired) electrons. The average Bonchev–Trinajstić information content (AvgIpc) is 2.62. The molecule has 0 aliphatic heterocycles. The van der Waals surface area contributed by atoms with E-state index in [4.69, 9.17) is 4.74 Å². The van der Waals surface area contributed by atoms with Gasteiger partial charge in [0.15, 0.2) is 0 Å². The van der Waals surface area contributed by atoms with E-state index in [0.717, 1.165) is 0 Å².